The van der Waals surface area contributed by atoms with Gasteiger partial charge in [0.2, 0.25) is 0 Å². The van der Waals surface area contributed by atoms with E-state index in [9.17, 15) is 22.8 Å². The summed E-state index contributed by atoms with van der Waals surface area (Å²) < 4.78 is 44.5. The van der Waals surface area contributed by atoms with E-state index in [0.29, 0.717) is 12.3 Å². The van der Waals surface area contributed by atoms with Crippen molar-refractivity contribution >= 4 is 5.91 Å². The van der Waals surface area contributed by atoms with Crippen LogP contribution in [0, 0.1) is 0 Å². The minimum atomic E-state index is -4.46. The summed E-state index contributed by atoms with van der Waals surface area (Å²) in [6.07, 6.45) is -3.07. The summed E-state index contributed by atoms with van der Waals surface area (Å²) >= 11 is 0. The van der Waals surface area contributed by atoms with Crippen LogP contribution in [-0.4, -0.2) is 28.6 Å². The Kier molecular flexibility index (Phi) is 6.74. The molecule has 1 heterocycles. The first-order valence-electron chi connectivity index (χ1n) is 9.53. The van der Waals surface area contributed by atoms with Crippen LogP contribution in [0.1, 0.15) is 22.8 Å². The molecule has 0 saturated carbocycles. The first-order valence-corrected chi connectivity index (χ1v) is 9.53. The topological polar surface area (TPSA) is 73.2 Å². The number of nitrogens with zero attached hydrogens (tertiary/aromatic N) is 2. The summed E-state index contributed by atoms with van der Waals surface area (Å²) in [6.45, 7) is 2.73. The number of ether oxygens (including phenoxy) is 1. The molecule has 162 valence electrons. The van der Waals surface area contributed by atoms with E-state index >= 15 is 0 Å². The first-order chi connectivity index (χ1) is 14.8. The number of aromatic nitrogens is 2. The maximum absolute atomic E-state index is 12.6. The molecule has 0 unspecified atom stereocenters. The van der Waals surface area contributed by atoms with E-state index in [4.69, 9.17) is 4.74 Å². The SMILES string of the molecule is CCOc1ccc(-c2cc(=O)n(CCNC(=O)c3ccc(C(F)(F)F)cc3)cn2)cc1. The van der Waals surface area contributed by atoms with Gasteiger partial charge in [-0.2, -0.15) is 13.2 Å². The number of rotatable bonds is 7. The molecule has 0 fully saturated rings. The Morgan fingerprint density at radius 3 is 2.35 bits per heavy atom. The summed E-state index contributed by atoms with van der Waals surface area (Å²) in [6, 6.07) is 12.5. The molecule has 0 atom stereocenters. The molecule has 2 aromatic carbocycles. The van der Waals surface area contributed by atoms with Gasteiger partial charge in [0.05, 0.1) is 24.2 Å². The van der Waals surface area contributed by atoms with Crippen molar-refractivity contribution < 1.29 is 22.7 Å². The van der Waals surface area contributed by atoms with Gasteiger partial charge in [-0.3, -0.25) is 14.2 Å². The molecule has 0 aliphatic carbocycles. The molecule has 1 N–H and O–H groups in total. The van der Waals surface area contributed by atoms with Crippen LogP contribution in [0.25, 0.3) is 11.3 Å². The number of amides is 1. The van der Waals surface area contributed by atoms with Crippen molar-refractivity contribution in [2.75, 3.05) is 13.2 Å². The molecule has 0 aliphatic heterocycles. The minimum absolute atomic E-state index is 0.101. The number of carbonyl (C=O) groups is 1. The Hall–Kier alpha value is -3.62. The fourth-order valence-corrected chi connectivity index (χ4v) is 2.84. The smallest absolute Gasteiger partial charge is 0.416 e. The Bertz CT molecular complexity index is 1090. The second-order valence-corrected chi connectivity index (χ2v) is 6.59. The van der Waals surface area contributed by atoms with Crippen LogP contribution in [0.4, 0.5) is 13.2 Å². The zero-order valence-electron chi connectivity index (χ0n) is 16.6. The van der Waals surface area contributed by atoms with Crippen molar-refractivity contribution in [1.29, 1.82) is 0 Å². The number of carbonyl (C=O) groups excluding carboxylic acids is 1. The molecule has 3 aromatic rings. The molecule has 9 heteroatoms. The molecule has 6 nitrogen and oxygen atoms in total. The Morgan fingerprint density at radius 2 is 1.77 bits per heavy atom. The van der Waals surface area contributed by atoms with Crippen molar-refractivity contribution in [3.8, 4) is 17.0 Å². The summed E-state index contributed by atoms with van der Waals surface area (Å²) in [7, 11) is 0. The highest BCUT2D eigenvalue weighted by molar-refractivity contribution is 5.94. The Morgan fingerprint density at radius 1 is 1.10 bits per heavy atom. The summed E-state index contributed by atoms with van der Waals surface area (Å²) in [4.78, 5) is 28.7. The van der Waals surface area contributed by atoms with Gasteiger partial charge >= 0.3 is 6.18 Å². The maximum atomic E-state index is 12.6. The molecule has 0 saturated heterocycles. The molecule has 1 aromatic heterocycles. The molecule has 0 aliphatic rings. The summed E-state index contributed by atoms with van der Waals surface area (Å²) in [5.74, 6) is 0.198. The van der Waals surface area contributed by atoms with Crippen molar-refractivity contribution in [1.82, 2.24) is 14.9 Å². The highest BCUT2D eigenvalue weighted by Crippen LogP contribution is 2.29. The van der Waals surface area contributed by atoms with E-state index in [1.165, 1.54) is 17.0 Å². The van der Waals surface area contributed by atoms with Gasteiger partial charge in [-0.1, -0.05) is 0 Å². The van der Waals surface area contributed by atoms with E-state index < -0.39 is 17.6 Å². The third-order valence-corrected chi connectivity index (χ3v) is 4.45. The van der Waals surface area contributed by atoms with Gasteiger partial charge in [0.25, 0.3) is 11.5 Å². The number of nitrogens with one attached hydrogen (secondary N) is 1. The van der Waals surface area contributed by atoms with Gasteiger partial charge < -0.3 is 10.1 Å². The van der Waals surface area contributed by atoms with Crippen LogP contribution in [0.5, 0.6) is 5.75 Å². The lowest BCUT2D eigenvalue weighted by molar-refractivity contribution is -0.137. The van der Waals surface area contributed by atoms with Crippen LogP contribution in [0.15, 0.2) is 65.7 Å². The standard InChI is InChI=1S/C22H20F3N3O3/c1-2-31-18-9-5-15(6-10-18)19-13-20(29)28(14-27-19)12-11-26-21(30)16-3-7-17(8-4-16)22(23,24)25/h3-10,13-14H,2,11-12H2,1H3,(H,26,30). The van der Waals surface area contributed by atoms with Crippen molar-refractivity contribution in [2.24, 2.45) is 0 Å². The molecular weight excluding hydrogens is 411 g/mol. The second kappa shape index (κ2) is 9.46. The van der Waals surface area contributed by atoms with Gasteiger partial charge in [0.15, 0.2) is 0 Å². The molecule has 0 radical (unpaired) electrons. The lowest BCUT2D eigenvalue weighted by atomic mass is 10.1. The van der Waals surface area contributed by atoms with Crippen molar-refractivity contribution in [2.45, 2.75) is 19.6 Å². The molecular formula is C22H20F3N3O3. The third kappa shape index (κ3) is 5.71. The monoisotopic (exact) mass is 431 g/mol. The lowest BCUT2D eigenvalue weighted by Gasteiger charge is -2.10. The van der Waals surface area contributed by atoms with Crippen LogP contribution in [0.2, 0.25) is 0 Å². The average molecular weight is 431 g/mol. The van der Waals surface area contributed by atoms with Crippen molar-refractivity contribution in [3.63, 3.8) is 0 Å². The van der Waals surface area contributed by atoms with Gasteiger partial charge in [-0.15, -0.1) is 0 Å². The number of hydrogen-bond donors (Lipinski definition) is 1. The van der Waals surface area contributed by atoms with E-state index in [2.05, 4.69) is 10.3 Å². The number of alkyl halides is 3. The summed E-state index contributed by atoms with van der Waals surface area (Å²) in [5.41, 5.74) is 0.266. The van der Waals surface area contributed by atoms with Crippen LogP contribution in [0.3, 0.4) is 0 Å². The number of halogens is 3. The third-order valence-electron chi connectivity index (χ3n) is 4.45. The number of hydrogen-bond acceptors (Lipinski definition) is 4. The first kappa shape index (κ1) is 22.1. The molecule has 0 bridgehead atoms. The Labute approximate surface area is 176 Å². The second-order valence-electron chi connectivity index (χ2n) is 6.59. The Balaban J connectivity index is 1.58. The fraction of sp³-hybridized carbons (Fsp3) is 0.227. The van der Waals surface area contributed by atoms with E-state index in [1.807, 2.05) is 6.92 Å². The predicted octanol–water partition coefficient (Wildman–Crippen LogP) is 3.76. The largest absolute Gasteiger partial charge is 0.494 e. The van der Waals surface area contributed by atoms with Gasteiger partial charge in [0.1, 0.15) is 5.75 Å². The normalized spacial score (nSPS) is 11.2. The summed E-state index contributed by atoms with van der Waals surface area (Å²) in [5, 5.41) is 2.58. The molecule has 1 amide bonds. The lowest BCUT2D eigenvalue weighted by Crippen LogP contribution is -2.30. The minimum Gasteiger partial charge on any atom is -0.494 e. The molecule has 31 heavy (non-hydrogen) atoms. The maximum Gasteiger partial charge on any atom is 0.416 e. The van der Waals surface area contributed by atoms with E-state index in [0.717, 1.165) is 35.6 Å². The predicted molar refractivity (Wildman–Crippen MR) is 109 cm³/mol. The zero-order valence-corrected chi connectivity index (χ0v) is 16.6. The highest BCUT2D eigenvalue weighted by Gasteiger charge is 2.30. The fourth-order valence-electron chi connectivity index (χ4n) is 2.84. The van der Waals surface area contributed by atoms with Crippen LogP contribution in [-0.2, 0) is 12.7 Å². The van der Waals surface area contributed by atoms with Gasteiger partial charge in [0, 0.05) is 30.3 Å². The van der Waals surface area contributed by atoms with Crippen LogP contribution < -0.4 is 15.6 Å². The highest BCUT2D eigenvalue weighted by atomic mass is 19.4. The van der Waals surface area contributed by atoms with Crippen molar-refractivity contribution in [3.05, 3.63) is 82.4 Å². The zero-order chi connectivity index (χ0) is 22.4. The average Bonchev–Trinajstić information content (AvgIpc) is 2.75. The quantitative estimate of drug-likeness (QED) is 0.618. The number of benzene rings is 2. The van der Waals surface area contributed by atoms with E-state index in [-0.39, 0.29) is 24.2 Å². The molecule has 0 spiro atoms. The van der Waals surface area contributed by atoms with E-state index in [1.54, 1.807) is 24.3 Å². The van der Waals surface area contributed by atoms with Gasteiger partial charge in [-0.25, -0.2) is 4.98 Å². The van der Waals surface area contributed by atoms with Gasteiger partial charge in [-0.05, 0) is 55.5 Å². The molecule has 3 rings (SSSR count). The van der Waals surface area contributed by atoms with Crippen LogP contribution >= 0.6 is 0 Å².